The van der Waals surface area contributed by atoms with Gasteiger partial charge in [-0.15, -0.1) is 6.58 Å². The minimum atomic E-state index is -2.28. The summed E-state index contributed by atoms with van der Waals surface area (Å²) >= 11 is 0. The smallest absolute Gasteiger partial charge is 0.338 e. The molecule has 3 aliphatic rings. The second-order valence-corrected chi connectivity index (χ2v) is 11.6. The number of hydrogen-bond acceptors (Lipinski definition) is 8. The topological polar surface area (TPSA) is 127 Å². The van der Waals surface area contributed by atoms with E-state index in [4.69, 9.17) is 9.47 Å². The SMILES string of the molecule is C=C[C@@]1(C)C[C@@H](OC(=O)c2ccccc2)[C@@H]2[C@@]3(C)C=C(O)C(=O)C(C)(C)[C@@H]3C[C@@H](OC(C)=O)[C@@]2(O)C1=O. The van der Waals surface area contributed by atoms with E-state index in [9.17, 15) is 29.4 Å². The van der Waals surface area contributed by atoms with Gasteiger partial charge in [0, 0.05) is 30.1 Å². The van der Waals surface area contributed by atoms with Crippen LogP contribution in [-0.4, -0.2) is 51.5 Å². The lowest BCUT2D eigenvalue weighted by Crippen LogP contribution is -2.75. The molecular weight excluding hydrogens is 476 g/mol. The summed E-state index contributed by atoms with van der Waals surface area (Å²) in [5, 5.41) is 23.1. The Kier molecular flexibility index (Phi) is 6.27. The van der Waals surface area contributed by atoms with Crippen molar-refractivity contribution >= 4 is 23.5 Å². The fraction of sp³-hybridized carbons (Fsp3) is 0.517. The number of aliphatic hydroxyl groups excluding tert-OH is 1. The van der Waals surface area contributed by atoms with Crippen molar-refractivity contribution in [3.8, 4) is 0 Å². The molecule has 0 aliphatic heterocycles. The Balaban J connectivity index is 1.95. The largest absolute Gasteiger partial charge is 0.505 e. The summed E-state index contributed by atoms with van der Waals surface area (Å²) in [5.41, 5.74) is -5.60. The van der Waals surface area contributed by atoms with E-state index in [1.54, 1.807) is 58.0 Å². The fourth-order valence-corrected chi connectivity index (χ4v) is 7.11. The maximum Gasteiger partial charge on any atom is 0.338 e. The summed E-state index contributed by atoms with van der Waals surface area (Å²) in [4.78, 5) is 52.4. The van der Waals surface area contributed by atoms with Crippen LogP contribution in [0, 0.1) is 28.1 Å². The highest BCUT2D eigenvalue weighted by Gasteiger charge is 2.74. The molecule has 7 atom stereocenters. The van der Waals surface area contributed by atoms with Crippen LogP contribution < -0.4 is 0 Å². The van der Waals surface area contributed by atoms with Crippen molar-refractivity contribution in [3.05, 3.63) is 60.4 Å². The van der Waals surface area contributed by atoms with Crippen LogP contribution in [0.3, 0.4) is 0 Å². The zero-order valence-corrected chi connectivity index (χ0v) is 21.8. The molecule has 8 nitrogen and oxygen atoms in total. The first kappa shape index (κ1) is 26.8. The van der Waals surface area contributed by atoms with Crippen LogP contribution in [-0.2, 0) is 23.9 Å². The summed E-state index contributed by atoms with van der Waals surface area (Å²) in [5.74, 6) is -4.62. The van der Waals surface area contributed by atoms with Crippen LogP contribution in [0.4, 0.5) is 0 Å². The third-order valence-electron chi connectivity index (χ3n) is 8.88. The number of ether oxygens (including phenoxy) is 2. The standard InChI is InChI=1S/C29H34O8/c1-7-27(5)15-19(37-24(33)17-11-9-8-10-12-17)22-28(6)14-18(31)23(32)26(3,4)20(28)13-21(36-16(2)30)29(22,35)25(27)34/h7-12,14,19-22,31,35H,1,13,15H2,2-6H3/t19-,20+,21-,22-,27+,28+,29+/m1/s1. The van der Waals surface area contributed by atoms with E-state index in [1.807, 2.05) is 0 Å². The molecule has 0 aromatic heterocycles. The quantitative estimate of drug-likeness (QED) is 0.463. The van der Waals surface area contributed by atoms with Gasteiger partial charge >= 0.3 is 11.9 Å². The highest BCUT2D eigenvalue weighted by Crippen LogP contribution is 2.65. The Morgan fingerprint density at radius 1 is 1.08 bits per heavy atom. The molecule has 0 unspecified atom stereocenters. The zero-order valence-electron chi connectivity index (χ0n) is 21.8. The van der Waals surface area contributed by atoms with Gasteiger partial charge in [-0.3, -0.25) is 14.4 Å². The average molecular weight is 511 g/mol. The molecule has 0 saturated heterocycles. The highest BCUT2D eigenvalue weighted by atomic mass is 16.6. The average Bonchev–Trinajstić information content (AvgIpc) is 2.83. The molecule has 2 N–H and O–H groups in total. The Morgan fingerprint density at radius 3 is 2.27 bits per heavy atom. The lowest BCUT2D eigenvalue weighted by molar-refractivity contribution is -0.247. The summed E-state index contributed by atoms with van der Waals surface area (Å²) < 4.78 is 11.6. The molecule has 1 aromatic carbocycles. The summed E-state index contributed by atoms with van der Waals surface area (Å²) in [6.07, 6.45) is 0.436. The van der Waals surface area contributed by atoms with Gasteiger partial charge in [-0.25, -0.2) is 4.79 Å². The van der Waals surface area contributed by atoms with Gasteiger partial charge in [0.15, 0.2) is 17.1 Å². The number of rotatable bonds is 4. The van der Waals surface area contributed by atoms with E-state index in [1.165, 1.54) is 19.1 Å². The summed E-state index contributed by atoms with van der Waals surface area (Å²) in [6, 6.07) is 8.33. The number of hydrogen-bond donors (Lipinski definition) is 2. The van der Waals surface area contributed by atoms with Crippen LogP contribution in [0.25, 0.3) is 0 Å². The predicted octanol–water partition coefficient (Wildman–Crippen LogP) is 3.73. The van der Waals surface area contributed by atoms with Gasteiger partial charge in [-0.05, 0) is 37.5 Å². The Bertz CT molecular complexity index is 1200. The van der Waals surface area contributed by atoms with Crippen LogP contribution >= 0.6 is 0 Å². The molecule has 0 spiro atoms. The molecule has 0 radical (unpaired) electrons. The molecule has 8 heteroatoms. The first-order valence-electron chi connectivity index (χ1n) is 12.4. The first-order valence-corrected chi connectivity index (χ1v) is 12.4. The summed E-state index contributed by atoms with van der Waals surface area (Å²) in [7, 11) is 0. The number of ketones is 2. The van der Waals surface area contributed by atoms with Gasteiger partial charge in [-0.1, -0.05) is 45.0 Å². The highest BCUT2D eigenvalue weighted by molar-refractivity contribution is 6.00. The molecular formula is C29H34O8. The molecule has 3 aliphatic carbocycles. The van der Waals surface area contributed by atoms with E-state index in [0.717, 1.165) is 0 Å². The van der Waals surface area contributed by atoms with Crippen LogP contribution in [0.2, 0.25) is 0 Å². The molecule has 4 rings (SSSR count). The Hall–Kier alpha value is -3.26. The Labute approximate surface area is 216 Å². The van der Waals surface area contributed by atoms with Gasteiger partial charge < -0.3 is 19.7 Å². The molecule has 198 valence electrons. The van der Waals surface area contributed by atoms with E-state index in [0.29, 0.717) is 0 Å². The van der Waals surface area contributed by atoms with Crippen molar-refractivity contribution in [2.24, 2.45) is 28.1 Å². The number of benzene rings is 1. The molecule has 2 saturated carbocycles. The maximum atomic E-state index is 14.0. The number of carbonyl (C=O) groups excluding carboxylic acids is 4. The molecule has 0 amide bonds. The second kappa shape index (κ2) is 8.65. The molecule has 0 heterocycles. The van der Waals surface area contributed by atoms with Crippen molar-refractivity contribution in [2.75, 3.05) is 0 Å². The molecule has 37 heavy (non-hydrogen) atoms. The van der Waals surface area contributed by atoms with Crippen LogP contribution in [0.15, 0.2) is 54.8 Å². The third kappa shape index (κ3) is 3.84. The lowest BCUT2D eigenvalue weighted by Gasteiger charge is -2.64. The van der Waals surface area contributed by atoms with Gasteiger partial charge in [0.1, 0.15) is 12.2 Å². The number of Topliss-reactive ketones (excluding diaryl/α,β-unsaturated/α-hetero) is 2. The van der Waals surface area contributed by atoms with Crippen LogP contribution in [0.5, 0.6) is 0 Å². The van der Waals surface area contributed by atoms with Crippen molar-refractivity contribution in [2.45, 2.75) is 65.3 Å². The minimum Gasteiger partial charge on any atom is -0.505 e. The number of fused-ring (bicyclic) bond motifs is 3. The van der Waals surface area contributed by atoms with Crippen molar-refractivity contribution in [1.82, 2.24) is 0 Å². The van der Waals surface area contributed by atoms with Gasteiger partial charge in [0.2, 0.25) is 5.78 Å². The van der Waals surface area contributed by atoms with E-state index in [2.05, 4.69) is 6.58 Å². The number of esters is 2. The zero-order chi connectivity index (χ0) is 27.6. The minimum absolute atomic E-state index is 0.0100. The van der Waals surface area contributed by atoms with Crippen molar-refractivity contribution < 1.29 is 38.9 Å². The first-order chi connectivity index (χ1) is 17.1. The Morgan fingerprint density at radius 2 is 1.70 bits per heavy atom. The molecule has 0 bridgehead atoms. The van der Waals surface area contributed by atoms with E-state index >= 15 is 0 Å². The number of allylic oxidation sites excluding steroid dienone is 3. The fourth-order valence-electron chi connectivity index (χ4n) is 7.11. The van der Waals surface area contributed by atoms with Gasteiger partial charge in [-0.2, -0.15) is 0 Å². The lowest BCUT2D eigenvalue weighted by atomic mass is 9.41. The second-order valence-electron chi connectivity index (χ2n) is 11.6. The van der Waals surface area contributed by atoms with Crippen molar-refractivity contribution in [3.63, 3.8) is 0 Å². The van der Waals surface area contributed by atoms with E-state index < -0.39 is 75.2 Å². The van der Waals surface area contributed by atoms with Gasteiger partial charge in [0.05, 0.1) is 11.0 Å². The molecule has 2 fully saturated rings. The van der Waals surface area contributed by atoms with Crippen LogP contribution in [0.1, 0.15) is 57.8 Å². The molecule has 1 aromatic rings. The predicted molar refractivity (Wildman–Crippen MR) is 133 cm³/mol. The number of aliphatic hydroxyl groups is 2. The number of carbonyl (C=O) groups is 4. The van der Waals surface area contributed by atoms with Crippen molar-refractivity contribution in [1.29, 1.82) is 0 Å². The van der Waals surface area contributed by atoms with E-state index in [-0.39, 0.29) is 18.4 Å². The maximum absolute atomic E-state index is 14.0. The third-order valence-corrected chi connectivity index (χ3v) is 8.88. The summed E-state index contributed by atoms with van der Waals surface area (Å²) in [6.45, 7) is 11.7. The van der Waals surface area contributed by atoms with Gasteiger partial charge in [0.25, 0.3) is 0 Å². The normalized spacial score (nSPS) is 38.5. The monoisotopic (exact) mass is 510 g/mol.